The second-order valence-corrected chi connectivity index (χ2v) is 6.11. The molecule has 0 spiro atoms. The van der Waals surface area contributed by atoms with Crippen LogP contribution in [0.15, 0.2) is 53.5 Å². The molecule has 5 heteroatoms. The first-order valence-corrected chi connectivity index (χ1v) is 8.54. The number of guanidine groups is 1. The molecule has 0 saturated carbocycles. The molecule has 0 radical (unpaired) electrons. The van der Waals surface area contributed by atoms with Crippen LogP contribution < -0.4 is 15.5 Å². The minimum atomic E-state index is -0.202. The van der Waals surface area contributed by atoms with E-state index in [4.69, 9.17) is 0 Å². The van der Waals surface area contributed by atoms with Crippen LogP contribution >= 0.6 is 0 Å². The second kappa shape index (κ2) is 9.67. The summed E-state index contributed by atoms with van der Waals surface area (Å²) in [5.74, 6) is 0.484. The van der Waals surface area contributed by atoms with Gasteiger partial charge in [0.1, 0.15) is 5.82 Å². The number of hydrogen-bond acceptors (Lipinski definition) is 2. The number of halogens is 1. The van der Waals surface area contributed by atoms with Crippen LogP contribution in [0.1, 0.15) is 17.5 Å². The minimum absolute atomic E-state index is 0.202. The highest BCUT2D eigenvalue weighted by molar-refractivity contribution is 5.79. The van der Waals surface area contributed by atoms with Gasteiger partial charge in [-0.05, 0) is 36.6 Å². The van der Waals surface area contributed by atoms with Gasteiger partial charge in [-0.2, -0.15) is 0 Å². The lowest BCUT2D eigenvalue weighted by atomic mass is 10.1. The zero-order valence-electron chi connectivity index (χ0n) is 15.2. The minimum Gasteiger partial charge on any atom is -0.378 e. The molecule has 2 rings (SSSR count). The van der Waals surface area contributed by atoms with E-state index in [2.05, 4.69) is 44.8 Å². The molecule has 0 bridgehead atoms. The second-order valence-electron chi connectivity index (χ2n) is 6.11. The van der Waals surface area contributed by atoms with Crippen molar-refractivity contribution in [1.82, 2.24) is 10.6 Å². The van der Waals surface area contributed by atoms with Crippen LogP contribution in [0.3, 0.4) is 0 Å². The Morgan fingerprint density at radius 1 is 1.04 bits per heavy atom. The average molecular weight is 342 g/mol. The fourth-order valence-electron chi connectivity index (χ4n) is 2.50. The first-order valence-electron chi connectivity index (χ1n) is 8.54. The lowest BCUT2D eigenvalue weighted by Crippen LogP contribution is -2.37. The Balaban J connectivity index is 1.71. The third-order valence-corrected chi connectivity index (χ3v) is 4.02. The van der Waals surface area contributed by atoms with Gasteiger partial charge in [0, 0.05) is 45.5 Å². The predicted octanol–water partition coefficient (Wildman–Crippen LogP) is 3.19. The molecule has 2 aromatic carbocycles. The highest BCUT2D eigenvalue weighted by atomic mass is 19.1. The van der Waals surface area contributed by atoms with E-state index in [0.29, 0.717) is 18.1 Å². The number of nitrogens with zero attached hydrogens (tertiary/aromatic N) is 2. The van der Waals surface area contributed by atoms with Crippen LogP contribution in [-0.4, -0.2) is 33.6 Å². The molecule has 0 fully saturated rings. The molecule has 0 aliphatic carbocycles. The van der Waals surface area contributed by atoms with Crippen molar-refractivity contribution in [2.24, 2.45) is 4.99 Å². The molecule has 0 unspecified atom stereocenters. The number of aryl methyl sites for hydroxylation is 1. The van der Waals surface area contributed by atoms with E-state index in [9.17, 15) is 4.39 Å². The Bertz CT molecular complexity index is 680. The van der Waals surface area contributed by atoms with Crippen molar-refractivity contribution >= 4 is 11.6 Å². The summed E-state index contributed by atoms with van der Waals surface area (Å²) >= 11 is 0. The van der Waals surface area contributed by atoms with Gasteiger partial charge in [-0.15, -0.1) is 0 Å². The zero-order chi connectivity index (χ0) is 18.1. The van der Waals surface area contributed by atoms with Crippen molar-refractivity contribution in [2.45, 2.75) is 19.4 Å². The van der Waals surface area contributed by atoms with Gasteiger partial charge in [-0.3, -0.25) is 4.99 Å². The van der Waals surface area contributed by atoms with Crippen molar-refractivity contribution in [2.75, 3.05) is 32.6 Å². The summed E-state index contributed by atoms with van der Waals surface area (Å²) in [6, 6.07) is 15.4. The number of aliphatic imine (C=N–C) groups is 1. The molecule has 2 N–H and O–H groups in total. The molecule has 134 valence electrons. The van der Waals surface area contributed by atoms with Gasteiger partial charge in [0.05, 0.1) is 0 Å². The van der Waals surface area contributed by atoms with Crippen molar-refractivity contribution in [1.29, 1.82) is 0 Å². The summed E-state index contributed by atoms with van der Waals surface area (Å²) < 4.78 is 13.6. The largest absolute Gasteiger partial charge is 0.378 e. The van der Waals surface area contributed by atoms with Gasteiger partial charge >= 0.3 is 0 Å². The van der Waals surface area contributed by atoms with Crippen LogP contribution in [0.25, 0.3) is 0 Å². The third kappa shape index (κ3) is 6.10. The summed E-state index contributed by atoms with van der Waals surface area (Å²) in [5, 5.41) is 6.41. The van der Waals surface area contributed by atoms with Gasteiger partial charge in [-0.1, -0.05) is 30.3 Å². The number of rotatable bonds is 7. The summed E-state index contributed by atoms with van der Waals surface area (Å²) in [6.07, 6.45) is 2.01. The topological polar surface area (TPSA) is 39.7 Å². The molecular formula is C20H27FN4. The molecule has 0 saturated heterocycles. The molecule has 0 aromatic heterocycles. The summed E-state index contributed by atoms with van der Waals surface area (Å²) in [5.41, 5.74) is 3.16. The Morgan fingerprint density at radius 2 is 1.76 bits per heavy atom. The van der Waals surface area contributed by atoms with Gasteiger partial charge in [0.25, 0.3) is 0 Å². The van der Waals surface area contributed by atoms with E-state index in [1.165, 1.54) is 17.3 Å². The SMILES string of the molecule is CN=C(NCCCc1ccc(N(C)C)cc1)NCc1ccccc1F. The number of anilines is 1. The Labute approximate surface area is 149 Å². The quantitative estimate of drug-likeness (QED) is 0.461. The lowest BCUT2D eigenvalue weighted by molar-refractivity contribution is 0.604. The van der Waals surface area contributed by atoms with Gasteiger partial charge < -0.3 is 15.5 Å². The van der Waals surface area contributed by atoms with E-state index >= 15 is 0 Å². The molecule has 0 heterocycles. The van der Waals surface area contributed by atoms with E-state index in [0.717, 1.165) is 19.4 Å². The van der Waals surface area contributed by atoms with E-state index in [1.807, 2.05) is 20.2 Å². The lowest BCUT2D eigenvalue weighted by Gasteiger charge is -2.13. The Hall–Kier alpha value is -2.56. The maximum Gasteiger partial charge on any atom is 0.191 e. The van der Waals surface area contributed by atoms with Crippen LogP contribution in [0.5, 0.6) is 0 Å². The predicted molar refractivity (Wildman–Crippen MR) is 104 cm³/mol. The van der Waals surface area contributed by atoms with Gasteiger partial charge in [-0.25, -0.2) is 4.39 Å². The van der Waals surface area contributed by atoms with Gasteiger partial charge in [0.2, 0.25) is 0 Å². The highest BCUT2D eigenvalue weighted by Gasteiger charge is 2.02. The number of benzene rings is 2. The monoisotopic (exact) mass is 342 g/mol. The fraction of sp³-hybridized carbons (Fsp3) is 0.350. The maximum atomic E-state index is 13.6. The van der Waals surface area contributed by atoms with Crippen LogP contribution in [0.2, 0.25) is 0 Å². The Morgan fingerprint density at radius 3 is 2.40 bits per heavy atom. The summed E-state index contributed by atoms with van der Waals surface area (Å²) in [4.78, 5) is 6.27. The molecule has 0 atom stereocenters. The first kappa shape index (κ1) is 18.8. The maximum absolute atomic E-state index is 13.6. The van der Waals surface area contributed by atoms with E-state index < -0.39 is 0 Å². The van der Waals surface area contributed by atoms with Crippen LogP contribution in [-0.2, 0) is 13.0 Å². The first-order chi connectivity index (χ1) is 12.1. The van der Waals surface area contributed by atoms with Crippen LogP contribution in [0.4, 0.5) is 10.1 Å². The Kier molecular flexibility index (Phi) is 7.26. The summed E-state index contributed by atoms with van der Waals surface area (Å²) in [6.45, 7) is 1.23. The molecule has 0 aliphatic rings. The summed E-state index contributed by atoms with van der Waals surface area (Å²) in [7, 11) is 5.80. The molecule has 2 aromatic rings. The smallest absolute Gasteiger partial charge is 0.191 e. The highest BCUT2D eigenvalue weighted by Crippen LogP contribution is 2.13. The zero-order valence-corrected chi connectivity index (χ0v) is 15.2. The molecule has 4 nitrogen and oxygen atoms in total. The van der Waals surface area contributed by atoms with Crippen molar-refractivity contribution < 1.29 is 4.39 Å². The standard InChI is InChI=1S/C20H27FN4/c1-22-20(24-15-17-8-4-5-9-19(17)21)23-14-6-7-16-10-12-18(13-11-16)25(2)3/h4-5,8-13H,6-7,14-15H2,1-3H3,(H2,22,23,24). The molecular weight excluding hydrogens is 315 g/mol. The van der Waals surface area contributed by atoms with Crippen LogP contribution in [0, 0.1) is 5.82 Å². The van der Waals surface area contributed by atoms with Crippen molar-refractivity contribution in [3.63, 3.8) is 0 Å². The van der Waals surface area contributed by atoms with Gasteiger partial charge in [0.15, 0.2) is 5.96 Å². The van der Waals surface area contributed by atoms with Crippen molar-refractivity contribution in [3.8, 4) is 0 Å². The molecule has 25 heavy (non-hydrogen) atoms. The normalized spacial score (nSPS) is 11.3. The van der Waals surface area contributed by atoms with Crippen molar-refractivity contribution in [3.05, 3.63) is 65.5 Å². The molecule has 0 amide bonds. The fourth-order valence-corrected chi connectivity index (χ4v) is 2.50. The molecule has 0 aliphatic heterocycles. The van der Waals surface area contributed by atoms with E-state index in [1.54, 1.807) is 19.2 Å². The third-order valence-electron chi connectivity index (χ3n) is 4.02. The number of hydrogen-bond donors (Lipinski definition) is 2. The average Bonchev–Trinajstić information content (AvgIpc) is 2.62. The van der Waals surface area contributed by atoms with E-state index in [-0.39, 0.29) is 5.82 Å². The number of nitrogens with one attached hydrogen (secondary N) is 2.